The van der Waals surface area contributed by atoms with Crippen LogP contribution in [0, 0.1) is 13.8 Å². The number of hydrogen-bond donors (Lipinski definition) is 2. The van der Waals surface area contributed by atoms with Gasteiger partial charge in [-0.05, 0) is 42.7 Å². The number of nitrogens with one attached hydrogen (secondary N) is 2. The second kappa shape index (κ2) is 8.15. The summed E-state index contributed by atoms with van der Waals surface area (Å²) in [6.45, 7) is 4.22. The summed E-state index contributed by atoms with van der Waals surface area (Å²) < 4.78 is 5.08. The third-order valence-corrected chi connectivity index (χ3v) is 3.72. The molecule has 0 spiro atoms. The predicted molar refractivity (Wildman–Crippen MR) is 94.0 cm³/mol. The lowest BCUT2D eigenvalue weighted by molar-refractivity contribution is -0.126. The van der Waals surface area contributed by atoms with Crippen molar-refractivity contribution in [1.82, 2.24) is 5.32 Å². The molecule has 5 nitrogen and oxygen atoms in total. The normalized spacial score (nSPS) is 10.1. The smallest absolute Gasteiger partial charge is 0.233 e. The lowest BCUT2D eigenvalue weighted by atomic mass is 10.1. The lowest BCUT2D eigenvalue weighted by Crippen LogP contribution is -2.28. The second-order valence-corrected chi connectivity index (χ2v) is 5.62. The topological polar surface area (TPSA) is 67.4 Å². The van der Waals surface area contributed by atoms with Crippen LogP contribution >= 0.6 is 0 Å². The van der Waals surface area contributed by atoms with Crippen molar-refractivity contribution in [1.29, 1.82) is 0 Å². The summed E-state index contributed by atoms with van der Waals surface area (Å²) in [6, 6.07) is 13.2. The molecule has 0 heterocycles. The minimum Gasteiger partial charge on any atom is -0.497 e. The molecule has 0 aliphatic rings. The summed E-state index contributed by atoms with van der Waals surface area (Å²) in [7, 11) is 1.60. The Balaban J connectivity index is 1.84. The predicted octanol–water partition coefficient (Wildman–Crippen LogP) is 2.96. The van der Waals surface area contributed by atoms with E-state index in [1.165, 1.54) is 0 Å². The van der Waals surface area contributed by atoms with Gasteiger partial charge in [0, 0.05) is 12.2 Å². The molecule has 2 aromatic rings. The first-order chi connectivity index (χ1) is 11.5. The first-order valence-corrected chi connectivity index (χ1v) is 7.75. The van der Waals surface area contributed by atoms with Gasteiger partial charge in [0.2, 0.25) is 11.8 Å². The molecule has 2 aromatic carbocycles. The molecule has 0 unspecified atom stereocenters. The van der Waals surface area contributed by atoms with Crippen LogP contribution in [-0.4, -0.2) is 18.9 Å². The van der Waals surface area contributed by atoms with Gasteiger partial charge in [-0.25, -0.2) is 0 Å². The number of hydrogen-bond acceptors (Lipinski definition) is 3. The molecule has 0 aromatic heterocycles. The molecule has 0 atom stereocenters. The standard InChI is InChI=1S/C19H22N2O3/c1-13-5-4-6-14(2)19(13)21-18(23)11-17(22)20-12-15-7-9-16(24-3)10-8-15/h4-10H,11-12H2,1-3H3,(H,20,22)(H,21,23). The Labute approximate surface area is 142 Å². The highest BCUT2D eigenvalue weighted by Gasteiger charge is 2.11. The van der Waals surface area contributed by atoms with Crippen molar-refractivity contribution in [3.8, 4) is 5.75 Å². The van der Waals surface area contributed by atoms with Gasteiger partial charge >= 0.3 is 0 Å². The number of ether oxygens (including phenoxy) is 1. The van der Waals surface area contributed by atoms with Crippen LogP contribution in [0.5, 0.6) is 5.75 Å². The van der Waals surface area contributed by atoms with Crippen LogP contribution in [-0.2, 0) is 16.1 Å². The number of carbonyl (C=O) groups is 2. The minimum atomic E-state index is -0.320. The summed E-state index contributed by atoms with van der Waals surface area (Å²) in [5.41, 5.74) is 3.66. The Morgan fingerprint density at radius 2 is 1.58 bits per heavy atom. The largest absolute Gasteiger partial charge is 0.497 e. The first kappa shape index (κ1) is 17.5. The number of amides is 2. The van der Waals surface area contributed by atoms with Gasteiger partial charge in [0.15, 0.2) is 0 Å². The van der Waals surface area contributed by atoms with Crippen molar-refractivity contribution in [2.75, 3.05) is 12.4 Å². The van der Waals surface area contributed by atoms with E-state index in [0.717, 1.165) is 28.1 Å². The Kier molecular flexibility index (Phi) is 5.95. The van der Waals surface area contributed by atoms with E-state index in [9.17, 15) is 9.59 Å². The van der Waals surface area contributed by atoms with Crippen LogP contribution < -0.4 is 15.4 Å². The molecule has 5 heteroatoms. The number of carbonyl (C=O) groups excluding carboxylic acids is 2. The lowest BCUT2D eigenvalue weighted by Gasteiger charge is -2.11. The monoisotopic (exact) mass is 326 g/mol. The van der Waals surface area contributed by atoms with Crippen molar-refractivity contribution < 1.29 is 14.3 Å². The van der Waals surface area contributed by atoms with Crippen LogP contribution in [0.3, 0.4) is 0 Å². The Hall–Kier alpha value is -2.82. The van der Waals surface area contributed by atoms with E-state index in [2.05, 4.69) is 10.6 Å². The van der Waals surface area contributed by atoms with Crippen molar-refractivity contribution in [3.63, 3.8) is 0 Å². The van der Waals surface area contributed by atoms with Crippen LogP contribution in [0.25, 0.3) is 0 Å². The van der Waals surface area contributed by atoms with Gasteiger partial charge in [-0.1, -0.05) is 30.3 Å². The molecule has 0 aliphatic carbocycles. The Bertz CT molecular complexity index is 704. The molecular formula is C19H22N2O3. The van der Waals surface area contributed by atoms with Gasteiger partial charge < -0.3 is 15.4 Å². The quantitative estimate of drug-likeness (QED) is 0.802. The van der Waals surface area contributed by atoms with E-state index in [1.807, 2.05) is 56.3 Å². The van der Waals surface area contributed by atoms with Crippen molar-refractivity contribution >= 4 is 17.5 Å². The molecule has 0 bridgehead atoms. The zero-order chi connectivity index (χ0) is 17.5. The van der Waals surface area contributed by atoms with Crippen molar-refractivity contribution in [3.05, 3.63) is 59.2 Å². The van der Waals surface area contributed by atoms with Crippen LogP contribution in [0.1, 0.15) is 23.1 Å². The van der Waals surface area contributed by atoms with Crippen molar-refractivity contribution in [2.24, 2.45) is 0 Å². The molecular weight excluding hydrogens is 304 g/mol. The zero-order valence-corrected chi connectivity index (χ0v) is 14.2. The summed E-state index contributed by atoms with van der Waals surface area (Å²) in [4.78, 5) is 23.9. The fourth-order valence-electron chi connectivity index (χ4n) is 2.35. The molecule has 0 radical (unpaired) electrons. The van der Waals surface area contributed by atoms with Gasteiger partial charge in [-0.15, -0.1) is 0 Å². The molecule has 126 valence electrons. The Morgan fingerprint density at radius 1 is 0.958 bits per heavy atom. The average molecular weight is 326 g/mol. The summed E-state index contributed by atoms with van der Waals surface area (Å²) in [5, 5.41) is 5.55. The number of methoxy groups -OCH3 is 1. The van der Waals surface area contributed by atoms with Crippen LogP contribution in [0.2, 0.25) is 0 Å². The maximum atomic E-state index is 12.0. The number of benzene rings is 2. The third-order valence-electron chi connectivity index (χ3n) is 3.72. The van der Waals surface area contributed by atoms with E-state index in [1.54, 1.807) is 7.11 Å². The maximum Gasteiger partial charge on any atom is 0.233 e. The van der Waals surface area contributed by atoms with E-state index in [4.69, 9.17) is 4.74 Å². The van der Waals surface area contributed by atoms with E-state index < -0.39 is 0 Å². The summed E-state index contributed by atoms with van der Waals surface area (Å²) in [5.74, 6) is 0.132. The number of anilines is 1. The average Bonchev–Trinajstić information content (AvgIpc) is 2.57. The fourth-order valence-corrected chi connectivity index (χ4v) is 2.35. The summed E-state index contributed by atoms with van der Waals surface area (Å²) >= 11 is 0. The molecule has 0 saturated heterocycles. The van der Waals surface area contributed by atoms with Crippen molar-refractivity contribution in [2.45, 2.75) is 26.8 Å². The highest BCUT2D eigenvalue weighted by molar-refractivity contribution is 6.04. The molecule has 2 amide bonds. The number of rotatable bonds is 6. The minimum absolute atomic E-state index is 0.204. The SMILES string of the molecule is COc1ccc(CNC(=O)CC(=O)Nc2c(C)cccc2C)cc1. The van der Waals surface area contributed by atoms with E-state index >= 15 is 0 Å². The van der Waals surface area contributed by atoms with Gasteiger partial charge in [0.05, 0.1) is 7.11 Å². The van der Waals surface area contributed by atoms with Gasteiger partial charge in [-0.2, -0.15) is 0 Å². The van der Waals surface area contributed by atoms with Gasteiger partial charge in [-0.3, -0.25) is 9.59 Å². The first-order valence-electron chi connectivity index (χ1n) is 7.75. The number of aryl methyl sites for hydroxylation is 2. The van der Waals surface area contributed by atoms with Gasteiger partial charge in [0.25, 0.3) is 0 Å². The molecule has 0 saturated carbocycles. The third kappa shape index (κ3) is 4.84. The van der Waals surface area contributed by atoms with Gasteiger partial charge in [0.1, 0.15) is 12.2 Å². The highest BCUT2D eigenvalue weighted by Crippen LogP contribution is 2.19. The van der Waals surface area contributed by atoms with E-state index in [0.29, 0.717) is 6.54 Å². The molecule has 0 fully saturated rings. The second-order valence-electron chi connectivity index (χ2n) is 5.62. The molecule has 2 rings (SSSR count). The van der Waals surface area contributed by atoms with Crippen LogP contribution in [0.4, 0.5) is 5.69 Å². The Morgan fingerprint density at radius 3 is 2.17 bits per heavy atom. The summed E-state index contributed by atoms with van der Waals surface area (Å²) in [6.07, 6.45) is -0.204. The molecule has 24 heavy (non-hydrogen) atoms. The number of para-hydroxylation sites is 1. The van der Waals surface area contributed by atoms with E-state index in [-0.39, 0.29) is 18.2 Å². The molecule has 2 N–H and O–H groups in total. The zero-order valence-electron chi connectivity index (χ0n) is 14.2. The molecule has 0 aliphatic heterocycles. The fraction of sp³-hybridized carbons (Fsp3) is 0.263. The maximum absolute atomic E-state index is 12.0. The highest BCUT2D eigenvalue weighted by atomic mass is 16.5. The van der Waals surface area contributed by atoms with Crippen LogP contribution in [0.15, 0.2) is 42.5 Å².